The third kappa shape index (κ3) is 5.34. The van der Waals surface area contributed by atoms with Gasteiger partial charge in [0.25, 0.3) is 0 Å². The van der Waals surface area contributed by atoms with Crippen molar-refractivity contribution >= 4 is 6.34 Å². The summed E-state index contributed by atoms with van der Waals surface area (Å²) in [6.07, 6.45) is 4.36. The van der Waals surface area contributed by atoms with E-state index in [1.54, 1.807) is 7.05 Å². The van der Waals surface area contributed by atoms with Gasteiger partial charge in [-0.1, -0.05) is 13.3 Å². The average molecular weight is 128 g/mol. The van der Waals surface area contributed by atoms with Gasteiger partial charge in [-0.15, -0.1) is 0 Å². The minimum absolute atomic E-state index is 1.12. The molecule has 2 heteroatoms. The Morgan fingerprint density at radius 3 is 2.67 bits per heavy atom. The van der Waals surface area contributed by atoms with Crippen LogP contribution in [0.4, 0.5) is 0 Å². The molecule has 0 heterocycles. The van der Waals surface area contributed by atoms with Gasteiger partial charge in [-0.2, -0.15) is 0 Å². The van der Waals surface area contributed by atoms with Crippen LogP contribution in [0.5, 0.6) is 0 Å². The Kier molecular flexibility index (Phi) is 5.27. The van der Waals surface area contributed by atoms with Crippen molar-refractivity contribution in [1.82, 2.24) is 4.90 Å². The summed E-state index contributed by atoms with van der Waals surface area (Å²) in [5.41, 5.74) is 0. The van der Waals surface area contributed by atoms with Gasteiger partial charge in [-0.25, -0.2) is 0 Å². The average Bonchev–Trinajstić information content (AvgIpc) is 1.85. The van der Waals surface area contributed by atoms with Crippen LogP contribution in [-0.2, 0) is 0 Å². The Morgan fingerprint density at radius 2 is 2.22 bits per heavy atom. The van der Waals surface area contributed by atoms with Crippen molar-refractivity contribution in [2.24, 2.45) is 4.99 Å². The molecule has 0 unspecified atom stereocenters. The van der Waals surface area contributed by atoms with Gasteiger partial charge in [0.15, 0.2) is 0 Å². The second-order valence-corrected chi connectivity index (χ2v) is 2.21. The predicted molar refractivity (Wildman–Crippen MR) is 42.0 cm³/mol. The lowest BCUT2D eigenvalue weighted by molar-refractivity contribution is 0.497. The second kappa shape index (κ2) is 5.60. The minimum Gasteiger partial charge on any atom is -0.366 e. The largest absolute Gasteiger partial charge is 0.366 e. The van der Waals surface area contributed by atoms with Crippen LogP contribution in [-0.4, -0.2) is 31.9 Å². The van der Waals surface area contributed by atoms with E-state index in [1.165, 1.54) is 12.8 Å². The summed E-state index contributed by atoms with van der Waals surface area (Å²) in [4.78, 5) is 5.99. The molecule has 0 aliphatic rings. The van der Waals surface area contributed by atoms with Crippen molar-refractivity contribution in [1.29, 1.82) is 0 Å². The molecular weight excluding hydrogens is 112 g/mol. The maximum atomic E-state index is 3.89. The van der Waals surface area contributed by atoms with Crippen LogP contribution in [0.15, 0.2) is 4.99 Å². The zero-order chi connectivity index (χ0) is 7.11. The molecule has 0 saturated heterocycles. The van der Waals surface area contributed by atoms with Crippen LogP contribution in [0.1, 0.15) is 19.8 Å². The summed E-state index contributed by atoms with van der Waals surface area (Å²) in [5, 5.41) is 0. The smallest absolute Gasteiger partial charge is 0.0843 e. The lowest BCUT2D eigenvalue weighted by atomic mass is 10.3. The van der Waals surface area contributed by atoms with Crippen LogP contribution in [0.25, 0.3) is 0 Å². The first-order valence-corrected chi connectivity index (χ1v) is 3.43. The number of hydrogen-bond acceptors (Lipinski definition) is 1. The van der Waals surface area contributed by atoms with Crippen LogP contribution < -0.4 is 0 Å². The van der Waals surface area contributed by atoms with Crippen molar-refractivity contribution in [3.63, 3.8) is 0 Å². The van der Waals surface area contributed by atoms with E-state index in [9.17, 15) is 0 Å². The Labute approximate surface area is 57.6 Å². The van der Waals surface area contributed by atoms with E-state index in [4.69, 9.17) is 0 Å². The predicted octanol–water partition coefficient (Wildman–Crippen LogP) is 1.38. The minimum atomic E-state index is 1.12. The summed E-state index contributed by atoms with van der Waals surface area (Å²) >= 11 is 0. The highest BCUT2D eigenvalue weighted by molar-refractivity contribution is 5.53. The molecule has 0 rings (SSSR count). The molecule has 0 saturated carbocycles. The molecule has 9 heavy (non-hydrogen) atoms. The molecule has 0 amide bonds. The number of nitrogens with zero attached hydrogens (tertiary/aromatic N) is 2. The van der Waals surface area contributed by atoms with E-state index in [0.717, 1.165) is 6.54 Å². The summed E-state index contributed by atoms with van der Waals surface area (Å²) in [7, 11) is 3.84. The summed E-state index contributed by atoms with van der Waals surface area (Å²) in [6.45, 7) is 3.31. The molecule has 0 aromatic carbocycles. The summed E-state index contributed by atoms with van der Waals surface area (Å²) < 4.78 is 0. The van der Waals surface area contributed by atoms with Crippen LogP contribution >= 0.6 is 0 Å². The van der Waals surface area contributed by atoms with Gasteiger partial charge in [-0.3, -0.25) is 4.99 Å². The van der Waals surface area contributed by atoms with Gasteiger partial charge in [0.1, 0.15) is 0 Å². The van der Waals surface area contributed by atoms with Crippen molar-refractivity contribution in [3.05, 3.63) is 0 Å². The van der Waals surface area contributed by atoms with Gasteiger partial charge in [0.2, 0.25) is 0 Å². The third-order valence-electron chi connectivity index (χ3n) is 1.18. The first-order chi connectivity index (χ1) is 4.31. The highest BCUT2D eigenvalue weighted by Gasteiger charge is 1.87. The van der Waals surface area contributed by atoms with E-state index in [0.29, 0.717) is 0 Å². The Morgan fingerprint density at radius 1 is 1.56 bits per heavy atom. The Balaban J connectivity index is 3.15. The Bertz CT molecular complexity index is 79.0. The normalized spacial score (nSPS) is 10.6. The highest BCUT2D eigenvalue weighted by atomic mass is 15.1. The third-order valence-corrected chi connectivity index (χ3v) is 1.18. The van der Waals surface area contributed by atoms with E-state index in [-0.39, 0.29) is 0 Å². The lowest BCUT2D eigenvalue weighted by Crippen LogP contribution is -2.16. The van der Waals surface area contributed by atoms with Gasteiger partial charge in [0, 0.05) is 20.6 Å². The van der Waals surface area contributed by atoms with Gasteiger partial charge >= 0.3 is 0 Å². The van der Waals surface area contributed by atoms with Gasteiger partial charge < -0.3 is 4.90 Å². The molecule has 0 atom stereocenters. The highest BCUT2D eigenvalue weighted by Crippen LogP contribution is 1.87. The standard InChI is InChI=1S/C7H16N2/c1-4-5-6-9(3)7-8-2/h7H,4-6H2,1-3H3/b8-7-. The molecule has 0 aliphatic carbocycles. The SMILES string of the molecule is CCCCN(C)/C=N\C. The van der Waals surface area contributed by atoms with Gasteiger partial charge in [-0.05, 0) is 6.42 Å². The van der Waals surface area contributed by atoms with E-state index < -0.39 is 0 Å². The molecule has 0 bridgehead atoms. The first kappa shape index (κ1) is 8.47. The molecule has 0 N–H and O–H groups in total. The fourth-order valence-corrected chi connectivity index (χ4v) is 0.662. The lowest BCUT2D eigenvalue weighted by Gasteiger charge is -2.10. The van der Waals surface area contributed by atoms with Crippen LogP contribution in [0, 0.1) is 0 Å². The molecule has 0 aromatic rings. The molecule has 0 spiro atoms. The second-order valence-electron chi connectivity index (χ2n) is 2.21. The molecule has 54 valence electrons. The Hall–Kier alpha value is -0.530. The van der Waals surface area contributed by atoms with Crippen molar-refractivity contribution in [2.75, 3.05) is 20.6 Å². The first-order valence-electron chi connectivity index (χ1n) is 3.43. The molecule has 0 fully saturated rings. The van der Waals surface area contributed by atoms with Crippen LogP contribution in [0.2, 0.25) is 0 Å². The van der Waals surface area contributed by atoms with Gasteiger partial charge in [0.05, 0.1) is 6.34 Å². The fraction of sp³-hybridized carbons (Fsp3) is 0.857. The fourth-order valence-electron chi connectivity index (χ4n) is 0.662. The molecule has 0 radical (unpaired) electrons. The number of hydrogen-bond donors (Lipinski definition) is 0. The number of rotatable bonds is 4. The molecule has 2 nitrogen and oxygen atoms in total. The van der Waals surface area contributed by atoms with Crippen LogP contribution in [0.3, 0.4) is 0 Å². The maximum Gasteiger partial charge on any atom is 0.0843 e. The number of unbranched alkanes of at least 4 members (excludes halogenated alkanes) is 1. The quantitative estimate of drug-likeness (QED) is 0.412. The maximum absolute atomic E-state index is 3.89. The van der Waals surface area contributed by atoms with Crippen molar-refractivity contribution in [2.45, 2.75) is 19.8 Å². The monoisotopic (exact) mass is 128 g/mol. The summed E-state index contributed by atoms with van der Waals surface area (Å²) in [6, 6.07) is 0. The van der Waals surface area contributed by atoms with E-state index >= 15 is 0 Å². The topological polar surface area (TPSA) is 15.6 Å². The van der Waals surface area contributed by atoms with Crippen molar-refractivity contribution < 1.29 is 0 Å². The molecular formula is C7H16N2. The molecule has 0 aromatic heterocycles. The summed E-state index contributed by atoms with van der Waals surface area (Å²) in [5.74, 6) is 0. The zero-order valence-corrected chi connectivity index (χ0v) is 6.59. The van der Waals surface area contributed by atoms with Crippen molar-refractivity contribution in [3.8, 4) is 0 Å². The zero-order valence-electron chi connectivity index (χ0n) is 6.59. The van der Waals surface area contributed by atoms with E-state index in [1.807, 2.05) is 13.4 Å². The molecule has 0 aliphatic heterocycles. The number of aliphatic imine (C=N–C) groups is 1. The van der Waals surface area contributed by atoms with E-state index in [2.05, 4.69) is 16.8 Å².